The summed E-state index contributed by atoms with van der Waals surface area (Å²) in [5.74, 6) is 2.66. The number of aryl methyl sites for hydroxylation is 1. The van der Waals surface area contributed by atoms with Crippen molar-refractivity contribution in [2.75, 3.05) is 34.3 Å². The van der Waals surface area contributed by atoms with Gasteiger partial charge in [0.15, 0.2) is 0 Å². The van der Waals surface area contributed by atoms with Crippen molar-refractivity contribution in [3.63, 3.8) is 0 Å². The van der Waals surface area contributed by atoms with Crippen molar-refractivity contribution in [1.29, 1.82) is 0 Å². The number of rotatable bonds is 5. The van der Waals surface area contributed by atoms with E-state index in [2.05, 4.69) is 61.2 Å². The lowest BCUT2D eigenvalue weighted by molar-refractivity contribution is -0.0116. The number of hydrogen-bond acceptors (Lipinski definition) is 5. The van der Waals surface area contributed by atoms with Crippen LogP contribution in [0.15, 0.2) is 36.4 Å². The molecule has 2 heterocycles. The van der Waals surface area contributed by atoms with Gasteiger partial charge in [0, 0.05) is 37.4 Å². The van der Waals surface area contributed by atoms with Gasteiger partial charge in [0.1, 0.15) is 17.1 Å². The summed E-state index contributed by atoms with van der Waals surface area (Å²) in [6.45, 7) is 5.85. The normalized spacial score (nSPS) is 24.4. The average molecular weight is 410 g/mol. The van der Waals surface area contributed by atoms with Crippen molar-refractivity contribution in [3.05, 3.63) is 53.3 Å². The lowest BCUT2D eigenvalue weighted by Crippen LogP contribution is -2.48. The largest absolute Gasteiger partial charge is 0.497 e. The highest BCUT2D eigenvalue weighted by molar-refractivity contribution is 5.41. The van der Waals surface area contributed by atoms with E-state index in [4.69, 9.17) is 14.5 Å². The van der Waals surface area contributed by atoms with E-state index in [0.717, 1.165) is 61.3 Å². The van der Waals surface area contributed by atoms with Crippen LogP contribution in [0, 0.1) is 12.8 Å². The summed E-state index contributed by atoms with van der Waals surface area (Å²) >= 11 is 0. The highest BCUT2D eigenvalue weighted by atomic mass is 16.5. The molecular formula is C25H35N3O2. The van der Waals surface area contributed by atoms with Gasteiger partial charge in [0.05, 0.1) is 12.8 Å². The monoisotopic (exact) mass is 409 g/mol. The van der Waals surface area contributed by atoms with Gasteiger partial charge in [0.2, 0.25) is 0 Å². The van der Waals surface area contributed by atoms with Gasteiger partial charge < -0.3 is 14.4 Å². The maximum absolute atomic E-state index is 6.80. The number of fused-ring (bicyclic) bond motifs is 1. The number of benzene rings is 1. The fraction of sp³-hybridized carbons (Fsp3) is 0.560. The van der Waals surface area contributed by atoms with Crippen molar-refractivity contribution in [3.8, 4) is 11.5 Å². The minimum absolute atomic E-state index is 0.119. The van der Waals surface area contributed by atoms with Crippen LogP contribution in [0.1, 0.15) is 42.6 Å². The SMILES string of the molecule is COc1ccc2c(c1)CN(Cc1cccc(C)n1)CC1(CCC(CN(C)C)CC1)O2. The number of hydrogen-bond donors (Lipinski definition) is 0. The van der Waals surface area contributed by atoms with Crippen LogP contribution in [0.25, 0.3) is 0 Å². The lowest BCUT2D eigenvalue weighted by atomic mass is 9.78. The van der Waals surface area contributed by atoms with Crippen molar-refractivity contribution in [2.45, 2.75) is 51.3 Å². The van der Waals surface area contributed by atoms with Gasteiger partial charge in [-0.05, 0) is 83.0 Å². The Hall–Kier alpha value is -2.11. The minimum Gasteiger partial charge on any atom is -0.497 e. The zero-order valence-corrected chi connectivity index (χ0v) is 18.9. The second kappa shape index (κ2) is 8.94. The van der Waals surface area contributed by atoms with Crippen LogP contribution >= 0.6 is 0 Å². The third-order valence-corrected chi connectivity index (χ3v) is 6.47. The van der Waals surface area contributed by atoms with E-state index in [-0.39, 0.29) is 5.60 Å². The van der Waals surface area contributed by atoms with E-state index in [1.165, 1.54) is 24.9 Å². The minimum atomic E-state index is -0.119. The highest BCUT2D eigenvalue weighted by Crippen LogP contribution is 2.41. The van der Waals surface area contributed by atoms with E-state index in [1.807, 2.05) is 6.07 Å². The molecule has 30 heavy (non-hydrogen) atoms. The molecule has 1 aromatic heterocycles. The smallest absolute Gasteiger partial charge is 0.124 e. The van der Waals surface area contributed by atoms with E-state index in [9.17, 15) is 0 Å². The van der Waals surface area contributed by atoms with Crippen LogP contribution in [0.3, 0.4) is 0 Å². The summed E-state index contributed by atoms with van der Waals surface area (Å²) in [5, 5.41) is 0. The number of pyridine rings is 1. The van der Waals surface area contributed by atoms with E-state index in [1.54, 1.807) is 7.11 Å². The van der Waals surface area contributed by atoms with Gasteiger partial charge in [0.25, 0.3) is 0 Å². The molecule has 4 rings (SSSR count). The summed E-state index contributed by atoms with van der Waals surface area (Å²) in [5.41, 5.74) is 3.28. The molecule has 0 N–H and O–H groups in total. The first-order valence-corrected chi connectivity index (χ1v) is 11.1. The molecule has 5 nitrogen and oxygen atoms in total. The fourth-order valence-electron chi connectivity index (χ4n) is 5.07. The van der Waals surface area contributed by atoms with Crippen molar-refractivity contribution in [2.24, 2.45) is 5.92 Å². The quantitative estimate of drug-likeness (QED) is 0.737. The first-order valence-electron chi connectivity index (χ1n) is 11.1. The van der Waals surface area contributed by atoms with Gasteiger partial charge >= 0.3 is 0 Å². The fourth-order valence-corrected chi connectivity index (χ4v) is 5.07. The van der Waals surface area contributed by atoms with Crippen molar-refractivity contribution >= 4 is 0 Å². The molecule has 2 aromatic rings. The number of methoxy groups -OCH3 is 1. The van der Waals surface area contributed by atoms with Gasteiger partial charge in [-0.1, -0.05) is 6.07 Å². The summed E-state index contributed by atoms with van der Waals surface area (Å²) < 4.78 is 12.3. The summed E-state index contributed by atoms with van der Waals surface area (Å²) in [6.07, 6.45) is 4.66. The summed E-state index contributed by atoms with van der Waals surface area (Å²) in [4.78, 5) is 9.58. The van der Waals surface area contributed by atoms with Crippen LogP contribution in [0.4, 0.5) is 0 Å². The molecule has 1 aliphatic heterocycles. The molecule has 5 heteroatoms. The first-order chi connectivity index (χ1) is 14.4. The van der Waals surface area contributed by atoms with Crippen LogP contribution in [0.2, 0.25) is 0 Å². The third-order valence-electron chi connectivity index (χ3n) is 6.47. The first kappa shape index (κ1) is 21.1. The Morgan fingerprint density at radius 2 is 2.00 bits per heavy atom. The number of aromatic nitrogens is 1. The lowest BCUT2D eigenvalue weighted by Gasteiger charge is -2.42. The Bertz CT molecular complexity index is 859. The Labute approximate surface area is 181 Å². The van der Waals surface area contributed by atoms with E-state index < -0.39 is 0 Å². The van der Waals surface area contributed by atoms with Crippen LogP contribution in [-0.2, 0) is 13.1 Å². The standard InChI is InChI=1S/C25H35N3O2/c1-19-6-5-7-22(26-19)17-28-16-21-14-23(29-4)8-9-24(21)30-25(18-28)12-10-20(11-13-25)15-27(2)3/h5-9,14,20H,10-13,15-18H2,1-4H3. The van der Waals surface area contributed by atoms with E-state index in [0.29, 0.717) is 0 Å². The number of ether oxygens (including phenoxy) is 2. The molecule has 0 radical (unpaired) electrons. The molecule has 2 aliphatic rings. The molecule has 162 valence electrons. The Morgan fingerprint density at radius 1 is 1.20 bits per heavy atom. The predicted octanol–water partition coefficient (Wildman–Crippen LogP) is 4.28. The molecule has 1 spiro atoms. The summed E-state index contributed by atoms with van der Waals surface area (Å²) in [6, 6.07) is 12.5. The molecule has 1 saturated carbocycles. The zero-order chi connectivity index (χ0) is 21.1. The molecule has 0 atom stereocenters. The van der Waals surface area contributed by atoms with Crippen LogP contribution < -0.4 is 9.47 Å². The van der Waals surface area contributed by atoms with Crippen LogP contribution in [0.5, 0.6) is 11.5 Å². The Morgan fingerprint density at radius 3 is 2.70 bits per heavy atom. The van der Waals surface area contributed by atoms with Crippen molar-refractivity contribution < 1.29 is 9.47 Å². The number of nitrogens with zero attached hydrogens (tertiary/aromatic N) is 3. The van der Waals surface area contributed by atoms with Gasteiger partial charge in [-0.15, -0.1) is 0 Å². The maximum Gasteiger partial charge on any atom is 0.124 e. The molecule has 1 aliphatic carbocycles. The Balaban J connectivity index is 1.59. The maximum atomic E-state index is 6.80. The predicted molar refractivity (Wildman–Crippen MR) is 120 cm³/mol. The van der Waals surface area contributed by atoms with Crippen LogP contribution in [-0.4, -0.2) is 54.7 Å². The van der Waals surface area contributed by atoms with Gasteiger partial charge in [-0.2, -0.15) is 0 Å². The summed E-state index contributed by atoms with van der Waals surface area (Å²) in [7, 11) is 6.07. The second-order valence-corrected chi connectivity index (χ2v) is 9.38. The van der Waals surface area contributed by atoms with E-state index >= 15 is 0 Å². The highest BCUT2D eigenvalue weighted by Gasteiger charge is 2.41. The molecule has 0 amide bonds. The molecular weight excluding hydrogens is 374 g/mol. The molecule has 0 bridgehead atoms. The topological polar surface area (TPSA) is 37.8 Å². The van der Waals surface area contributed by atoms with Gasteiger partial charge in [-0.3, -0.25) is 9.88 Å². The second-order valence-electron chi connectivity index (χ2n) is 9.38. The molecule has 1 aromatic carbocycles. The third kappa shape index (κ3) is 4.96. The average Bonchev–Trinajstić information content (AvgIpc) is 2.85. The molecule has 0 unspecified atom stereocenters. The van der Waals surface area contributed by atoms with Gasteiger partial charge in [-0.25, -0.2) is 0 Å². The Kier molecular flexibility index (Phi) is 6.30. The zero-order valence-electron chi connectivity index (χ0n) is 18.9. The molecule has 0 saturated heterocycles. The molecule has 1 fully saturated rings. The van der Waals surface area contributed by atoms with Crippen molar-refractivity contribution in [1.82, 2.24) is 14.8 Å².